The van der Waals surface area contributed by atoms with Crippen molar-refractivity contribution in [1.29, 1.82) is 0 Å². The Bertz CT molecular complexity index is 584. The predicted molar refractivity (Wildman–Crippen MR) is 93.5 cm³/mol. The first kappa shape index (κ1) is 17.5. The number of thiophene rings is 1. The first-order valence-corrected chi connectivity index (χ1v) is 8.49. The van der Waals surface area contributed by atoms with E-state index < -0.39 is 0 Å². The minimum Gasteiger partial charge on any atom is -0.440 e. The summed E-state index contributed by atoms with van der Waals surface area (Å²) in [5.74, 6) is 2.44. The fourth-order valence-electron chi connectivity index (χ4n) is 3.03. The Labute approximate surface area is 142 Å². The summed E-state index contributed by atoms with van der Waals surface area (Å²) in [5.41, 5.74) is 6.99. The van der Waals surface area contributed by atoms with E-state index in [1.54, 1.807) is 11.3 Å². The van der Waals surface area contributed by atoms with Crippen LogP contribution in [0.5, 0.6) is 0 Å². The number of rotatable bonds is 4. The standard InChI is InChI=1S/C16H23N3OS.ClH/c1-11-5-6-19(13(8-11)9-17)10-14-12(2)20-16(18-14)15-4-3-7-21-15;/h3-4,7,11,13H,5-6,8-10,17H2,1-2H3;1H. The van der Waals surface area contributed by atoms with Gasteiger partial charge in [-0.1, -0.05) is 13.0 Å². The Morgan fingerprint density at radius 2 is 2.32 bits per heavy atom. The zero-order chi connectivity index (χ0) is 14.8. The molecular weight excluding hydrogens is 318 g/mol. The maximum atomic E-state index is 5.95. The highest BCUT2D eigenvalue weighted by Gasteiger charge is 2.26. The van der Waals surface area contributed by atoms with E-state index in [0.29, 0.717) is 6.04 Å². The van der Waals surface area contributed by atoms with Crippen LogP contribution in [0.4, 0.5) is 0 Å². The Kier molecular flexibility index (Phi) is 6.03. The second-order valence-electron chi connectivity index (χ2n) is 5.99. The number of nitrogens with zero attached hydrogens (tertiary/aromatic N) is 2. The number of nitrogens with two attached hydrogens (primary N) is 1. The van der Waals surface area contributed by atoms with Gasteiger partial charge in [-0.25, -0.2) is 4.98 Å². The maximum absolute atomic E-state index is 5.95. The fraction of sp³-hybridized carbons (Fsp3) is 0.562. The molecule has 2 N–H and O–H groups in total. The zero-order valence-electron chi connectivity index (χ0n) is 13.1. The summed E-state index contributed by atoms with van der Waals surface area (Å²) in [5, 5.41) is 2.05. The summed E-state index contributed by atoms with van der Waals surface area (Å²) >= 11 is 1.66. The zero-order valence-corrected chi connectivity index (χ0v) is 14.8. The first-order valence-electron chi connectivity index (χ1n) is 7.61. The lowest BCUT2D eigenvalue weighted by molar-refractivity contribution is 0.113. The first-order chi connectivity index (χ1) is 10.2. The van der Waals surface area contributed by atoms with Crippen LogP contribution in [0.3, 0.4) is 0 Å². The molecule has 1 aliphatic rings. The van der Waals surface area contributed by atoms with Gasteiger partial charge in [-0.05, 0) is 43.7 Å². The molecule has 6 heteroatoms. The monoisotopic (exact) mass is 341 g/mol. The fourth-order valence-corrected chi connectivity index (χ4v) is 3.68. The Hall–Kier alpha value is -0.880. The van der Waals surface area contributed by atoms with E-state index in [2.05, 4.69) is 11.8 Å². The maximum Gasteiger partial charge on any atom is 0.236 e. The summed E-state index contributed by atoms with van der Waals surface area (Å²) in [6.07, 6.45) is 2.43. The van der Waals surface area contributed by atoms with E-state index in [-0.39, 0.29) is 12.4 Å². The van der Waals surface area contributed by atoms with Crippen LogP contribution in [0, 0.1) is 12.8 Å². The lowest BCUT2D eigenvalue weighted by Crippen LogP contribution is -2.45. The molecule has 0 saturated carbocycles. The van der Waals surface area contributed by atoms with Crippen molar-refractivity contribution in [3.63, 3.8) is 0 Å². The van der Waals surface area contributed by atoms with Crippen LogP contribution in [0.2, 0.25) is 0 Å². The van der Waals surface area contributed by atoms with Gasteiger partial charge in [0.1, 0.15) is 5.76 Å². The van der Waals surface area contributed by atoms with Crippen molar-refractivity contribution in [3.8, 4) is 10.8 Å². The molecule has 1 fully saturated rings. The molecule has 0 radical (unpaired) electrons. The van der Waals surface area contributed by atoms with E-state index in [1.807, 2.05) is 24.4 Å². The van der Waals surface area contributed by atoms with E-state index in [9.17, 15) is 0 Å². The summed E-state index contributed by atoms with van der Waals surface area (Å²) in [7, 11) is 0. The molecule has 2 aromatic rings. The highest BCUT2D eigenvalue weighted by atomic mass is 35.5. The Morgan fingerprint density at radius 3 is 3.00 bits per heavy atom. The largest absolute Gasteiger partial charge is 0.440 e. The van der Waals surface area contributed by atoms with Crippen molar-refractivity contribution in [3.05, 3.63) is 29.0 Å². The van der Waals surface area contributed by atoms with Gasteiger partial charge in [0.2, 0.25) is 5.89 Å². The van der Waals surface area contributed by atoms with Gasteiger partial charge < -0.3 is 10.2 Å². The van der Waals surface area contributed by atoms with Crippen molar-refractivity contribution in [2.75, 3.05) is 13.1 Å². The van der Waals surface area contributed by atoms with Gasteiger partial charge in [-0.15, -0.1) is 23.7 Å². The molecule has 4 nitrogen and oxygen atoms in total. The molecule has 0 bridgehead atoms. The lowest BCUT2D eigenvalue weighted by Gasteiger charge is -2.37. The SMILES string of the molecule is Cc1oc(-c2cccs2)nc1CN1CCC(C)CC1CN.Cl. The second-order valence-corrected chi connectivity index (χ2v) is 6.94. The Morgan fingerprint density at radius 1 is 1.50 bits per heavy atom. The van der Waals surface area contributed by atoms with Crippen molar-refractivity contribution >= 4 is 23.7 Å². The van der Waals surface area contributed by atoms with Gasteiger partial charge in [0, 0.05) is 19.1 Å². The molecule has 0 aliphatic carbocycles. The number of aryl methyl sites for hydroxylation is 1. The van der Waals surface area contributed by atoms with E-state index in [4.69, 9.17) is 15.1 Å². The molecule has 0 spiro atoms. The lowest BCUT2D eigenvalue weighted by atomic mass is 9.92. The number of hydrogen-bond donors (Lipinski definition) is 1. The molecule has 2 unspecified atom stereocenters. The number of likely N-dealkylation sites (tertiary alicyclic amines) is 1. The number of halogens is 1. The molecule has 1 saturated heterocycles. The highest BCUT2D eigenvalue weighted by Crippen LogP contribution is 2.28. The smallest absolute Gasteiger partial charge is 0.236 e. The third-order valence-corrected chi connectivity index (χ3v) is 5.21. The van der Waals surface area contributed by atoms with Crippen LogP contribution in [0.1, 0.15) is 31.2 Å². The van der Waals surface area contributed by atoms with Crippen molar-refractivity contribution < 1.29 is 4.42 Å². The normalized spacial score (nSPS) is 22.5. The number of hydrogen-bond acceptors (Lipinski definition) is 5. The van der Waals surface area contributed by atoms with Crippen molar-refractivity contribution in [2.24, 2.45) is 11.7 Å². The third-order valence-electron chi connectivity index (χ3n) is 4.35. The molecule has 2 aromatic heterocycles. The van der Waals surface area contributed by atoms with Gasteiger partial charge >= 0.3 is 0 Å². The summed E-state index contributed by atoms with van der Waals surface area (Å²) in [6, 6.07) is 4.54. The molecule has 1 aliphatic heterocycles. The molecule has 3 rings (SSSR count). The van der Waals surface area contributed by atoms with E-state index in [0.717, 1.165) is 47.8 Å². The minimum atomic E-state index is 0. The van der Waals surface area contributed by atoms with Gasteiger partial charge in [0.25, 0.3) is 0 Å². The number of piperidine rings is 1. The van der Waals surface area contributed by atoms with Gasteiger partial charge in [0.05, 0.1) is 10.6 Å². The molecule has 0 amide bonds. The second kappa shape index (κ2) is 7.59. The molecule has 0 aromatic carbocycles. The molecule has 2 atom stereocenters. The van der Waals surface area contributed by atoms with Gasteiger partial charge in [-0.3, -0.25) is 4.90 Å². The average Bonchev–Trinajstić information content (AvgIpc) is 3.11. The van der Waals surface area contributed by atoms with Crippen LogP contribution in [0.15, 0.2) is 21.9 Å². The average molecular weight is 342 g/mol. The predicted octanol–water partition coefficient (Wildman–Crippen LogP) is 3.69. The molecule has 122 valence electrons. The molecular formula is C16H24ClN3OS. The van der Waals surface area contributed by atoms with Gasteiger partial charge in [0.15, 0.2) is 0 Å². The van der Waals surface area contributed by atoms with E-state index in [1.165, 1.54) is 12.8 Å². The van der Waals surface area contributed by atoms with Crippen LogP contribution in [-0.2, 0) is 6.54 Å². The van der Waals surface area contributed by atoms with Crippen LogP contribution in [-0.4, -0.2) is 29.0 Å². The summed E-state index contributed by atoms with van der Waals surface area (Å²) < 4.78 is 5.83. The summed E-state index contributed by atoms with van der Waals surface area (Å²) in [4.78, 5) is 8.25. The Balaban J connectivity index is 0.00000176. The highest BCUT2D eigenvalue weighted by molar-refractivity contribution is 7.13. The third kappa shape index (κ3) is 3.71. The molecule has 22 heavy (non-hydrogen) atoms. The quantitative estimate of drug-likeness (QED) is 0.921. The summed E-state index contributed by atoms with van der Waals surface area (Å²) in [6.45, 7) is 6.98. The number of oxazole rings is 1. The molecule has 3 heterocycles. The van der Waals surface area contributed by atoms with Crippen LogP contribution in [0.25, 0.3) is 10.8 Å². The van der Waals surface area contributed by atoms with Gasteiger partial charge in [-0.2, -0.15) is 0 Å². The van der Waals surface area contributed by atoms with Crippen molar-refractivity contribution in [2.45, 2.75) is 39.3 Å². The minimum absolute atomic E-state index is 0. The number of aromatic nitrogens is 1. The van der Waals surface area contributed by atoms with Crippen LogP contribution >= 0.6 is 23.7 Å². The topological polar surface area (TPSA) is 55.3 Å². The van der Waals surface area contributed by atoms with Crippen molar-refractivity contribution in [1.82, 2.24) is 9.88 Å². The van der Waals surface area contributed by atoms with E-state index >= 15 is 0 Å². The van der Waals surface area contributed by atoms with Crippen LogP contribution < -0.4 is 5.73 Å².